The molecule has 10 nitrogen and oxygen atoms in total. The highest BCUT2D eigenvalue weighted by Gasteiger charge is 2.27. The van der Waals surface area contributed by atoms with Crippen LogP contribution in [0.25, 0.3) is 5.69 Å². The molecule has 0 aliphatic heterocycles. The van der Waals surface area contributed by atoms with Gasteiger partial charge in [0.25, 0.3) is 11.8 Å². The minimum absolute atomic E-state index is 0.100. The molecule has 3 amide bonds. The second-order valence-corrected chi connectivity index (χ2v) is 9.11. The number of amides is 3. The van der Waals surface area contributed by atoms with Gasteiger partial charge in [0.2, 0.25) is 5.78 Å². The van der Waals surface area contributed by atoms with E-state index in [0.717, 1.165) is 16.7 Å². The summed E-state index contributed by atoms with van der Waals surface area (Å²) >= 11 is 0. The van der Waals surface area contributed by atoms with Gasteiger partial charge in [0, 0.05) is 13.0 Å². The molecule has 0 aliphatic rings. The third-order valence-electron chi connectivity index (χ3n) is 6.02. The van der Waals surface area contributed by atoms with Crippen molar-refractivity contribution in [1.82, 2.24) is 20.4 Å². The Hall–Kier alpha value is -5.25. The minimum atomic E-state index is -1.14. The Kier molecular flexibility index (Phi) is 9.03. The van der Waals surface area contributed by atoms with E-state index in [0.29, 0.717) is 11.4 Å². The number of Topliss-reactive ketones (excluding diaryl/α,β-unsaturated/α-hetero) is 1. The molecule has 4 N–H and O–H groups in total. The van der Waals surface area contributed by atoms with Crippen molar-refractivity contribution in [3.05, 3.63) is 119 Å². The van der Waals surface area contributed by atoms with Gasteiger partial charge in [0.15, 0.2) is 0 Å². The summed E-state index contributed by atoms with van der Waals surface area (Å²) in [6.45, 7) is 2.08. The van der Waals surface area contributed by atoms with Crippen molar-refractivity contribution in [1.29, 1.82) is 0 Å². The average molecular weight is 540 g/mol. The first-order valence-corrected chi connectivity index (χ1v) is 12.6. The number of ketones is 1. The summed E-state index contributed by atoms with van der Waals surface area (Å²) in [5.41, 5.74) is 8.94. The molecule has 0 bridgehead atoms. The number of alkyl carbamates (subject to hydrolysis) is 1. The van der Waals surface area contributed by atoms with Gasteiger partial charge in [0.05, 0.1) is 11.4 Å². The number of carbonyl (C=O) groups excluding carboxylic acids is 4. The Bertz CT molecular complexity index is 1500. The van der Waals surface area contributed by atoms with Crippen molar-refractivity contribution in [2.24, 2.45) is 5.73 Å². The molecular weight excluding hydrogens is 510 g/mol. The molecule has 1 aromatic heterocycles. The zero-order valence-corrected chi connectivity index (χ0v) is 21.9. The van der Waals surface area contributed by atoms with Gasteiger partial charge in [-0.05, 0) is 41.8 Å². The van der Waals surface area contributed by atoms with Crippen LogP contribution >= 0.6 is 0 Å². The van der Waals surface area contributed by atoms with E-state index in [2.05, 4.69) is 15.7 Å². The van der Waals surface area contributed by atoms with Crippen molar-refractivity contribution in [3.63, 3.8) is 0 Å². The molecule has 0 saturated carbocycles. The van der Waals surface area contributed by atoms with E-state index in [1.807, 2.05) is 42.5 Å². The van der Waals surface area contributed by atoms with Crippen LogP contribution in [0, 0.1) is 6.92 Å². The number of hydrogen-bond acceptors (Lipinski definition) is 6. The fraction of sp³-hybridized carbons (Fsp3) is 0.167. The molecule has 1 heterocycles. The maximum atomic E-state index is 13.3. The van der Waals surface area contributed by atoms with Gasteiger partial charge in [-0.25, -0.2) is 9.48 Å². The molecule has 4 rings (SSSR count). The van der Waals surface area contributed by atoms with Crippen molar-refractivity contribution < 1.29 is 23.9 Å². The van der Waals surface area contributed by atoms with Gasteiger partial charge in [-0.1, -0.05) is 72.8 Å². The van der Waals surface area contributed by atoms with Crippen LogP contribution in [0.1, 0.15) is 32.9 Å². The molecule has 0 spiro atoms. The predicted molar refractivity (Wildman–Crippen MR) is 147 cm³/mol. The first-order valence-electron chi connectivity index (χ1n) is 12.6. The molecule has 4 aromatic rings. The third-order valence-corrected chi connectivity index (χ3v) is 6.02. The lowest BCUT2D eigenvalue weighted by Gasteiger charge is -2.17. The van der Waals surface area contributed by atoms with Crippen LogP contribution in [0.5, 0.6) is 0 Å². The van der Waals surface area contributed by atoms with E-state index < -0.39 is 29.7 Å². The Labute approximate surface area is 231 Å². The van der Waals surface area contributed by atoms with Gasteiger partial charge < -0.3 is 21.1 Å². The summed E-state index contributed by atoms with van der Waals surface area (Å²) in [6, 6.07) is 25.9. The summed E-state index contributed by atoms with van der Waals surface area (Å²) in [7, 11) is 0. The highest BCUT2D eigenvalue weighted by molar-refractivity contribution is 6.38. The molecule has 0 fully saturated rings. The van der Waals surface area contributed by atoms with E-state index in [4.69, 9.17) is 10.5 Å². The molecule has 10 heteroatoms. The van der Waals surface area contributed by atoms with Crippen LogP contribution in [0.3, 0.4) is 0 Å². The van der Waals surface area contributed by atoms with E-state index in [9.17, 15) is 19.2 Å². The van der Waals surface area contributed by atoms with E-state index in [1.54, 1.807) is 55.5 Å². The number of nitrogens with two attached hydrogens (primary N) is 1. The SMILES string of the molecule is Cc1cc(C(=O)N[C@@H](Cc2ccccc2)C(=O)C(N)=O)n(-c2cccc(CNC(=O)OCc3ccccc3)c2)n1. The van der Waals surface area contributed by atoms with Gasteiger partial charge in [-0.2, -0.15) is 5.10 Å². The molecule has 204 valence electrons. The molecule has 0 radical (unpaired) electrons. The van der Waals surface area contributed by atoms with Gasteiger partial charge in [0.1, 0.15) is 18.3 Å². The third kappa shape index (κ3) is 7.41. The second kappa shape index (κ2) is 13.0. The van der Waals surface area contributed by atoms with E-state index >= 15 is 0 Å². The van der Waals surface area contributed by atoms with Gasteiger partial charge in [-0.15, -0.1) is 0 Å². The Morgan fingerprint density at radius 1 is 0.875 bits per heavy atom. The van der Waals surface area contributed by atoms with Crippen LogP contribution in [0.2, 0.25) is 0 Å². The summed E-state index contributed by atoms with van der Waals surface area (Å²) in [4.78, 5) is 49.7. The monoisotopic (exact) mass is 539 g/mol. The molecule has 0 unspecified atom stereocenters. The first kappa shape index (κ1) is 27.8. The largest absolute Gasteiger partial charge is 0.445 e. The standard InChI is InChI=1S/C30H29N5O5/c1-20-15-26(29(38)33-25(27(36)28(31)37)17-21-9-4-2-5-10-21)35(34-20)24-14-8-13-23(16-24)18-32-30(39)40-19-22-11-6-3-7-12-22/h2-16,25H,17-19H2,1H3,(H2,31,37)(H,32,39)(H,33,38)/t25-/m0/s1. The van der Waals surface area contributed by atoms with Crippen LogP contribution in [-0.4, -0.2) is 39.5 Å². The Morgan fingerprint density at radius 2 is 1.52 bits per heavy atom. The van der Waals surface area contributed by atoms with Crippen molar-refractivity contribution >= 4 is 23.7 Å². The average Bonchev–Trinajstić information content (AvgIpc) is 3.37. The van der Waals surface area contributed by atoms with E-state index in [1.165, 1.54) is 4.68 Å². The number of nitrogens with zero attached hydrogens (tertiary/aromatic N) is 2. The highest BCUT2D eigenvalue weighted by atomic mass is 16.5. The molecule has 3 aromatic carbocycles. The summed E-state index contributed by atoms with van der Waals surface area (Å²) < 4.78 is 6.69. The predicted octanol–water partition coefficient (Wildman–Crippen LogP) is 3.00. The Balaban J connectivity index is 1.46. The maximum Gasteiger partial charge on any atom is 0.407 e. The number of nitrogens with one attached hydrogen (secondary N) is 2. The minimum Gasteiger partial charge on any atom is -0.445 e. The summed E-state index contributed by atoms with van der Waals surface area (Å²) in [5, 5.41) is 9.80. The van der Waals surface area contributed by atoms with Crippen LogP contribution in [0.4, 0.5) is 4.79 Å². The topological polar surface area (TPSA) is 145 Å². The zero-order chi connectivity index (χ0) is 28.5. The quantitative estimate of drug-likeness (QED) is 0.250. The number of carbonyl (C=O) groups is 4. The molecule has 0 saturated heterocycles. The molecular formula is C30H29N5O5. The number of rotatable bonds is 11. The Morgan fingerprint density at radius 3 is 2.20 bits per heavy atom. The molecule has 0 aliphatic carbocycles. The number of aryl methyl sites for hydroxylation is 1. The van der Waals surface area contributed by atoms with Crippen LogP contribution < -0.4 is 16.4 Å². The number of aromatic nitrogens is 2. The zero-order valence-electron chi connectivity index (χ0n) is 21.9. The maximum absolute atomic E-state index is 13.3. The first-order chi connectivity index (χ1) is 19.3. The number of benzene rings is 3. The van der Waals surface area contributed by atoms with Crippen molar-refractivity contribution in [2.75, 3.05) is 0 Å². The molecule has 40 heavy (non-hydrogen) atoms. The second-order valence-electron chi connectivity index (χ2n) is 9.11. The normalized spacial score (nSPS) is 11.3. The number of primary amides is 1. The lowest BCUT2D eigenvalue weighted by atomic mass is 10.0. The highest BCUT2D eigenvalue weighted by Crippen LogP contribution is 2.16. The summed E-state index contributed by atoms with van der Waals surface area (Å²) in [6.07, 6.45) is -0.462. The van der Waals surface area contributed by atoms with Gasteiger partial charge >= 0.3 is 6.09 Å². The lowest BCUT2D eigenvalue weighted by Crippen LogP contribution is -2.47. The van der Waals surface area contributed by atoms with Crippen molar-refractivity contribution in [2.45, 2.75) is 32.5 Å². The molecule has 1 atom stereocenters. The number of ether oxygens (including phenoxy) is 1. The van der Waals surface area contributed by atoms with Gasteiger partial charge in [-0.3, -0.25) is 14.4 Å². The lowest BCUT2D eigenvalue weighted by molar-refractivity contribution is -0.137. The fourth-order valence-corrected chi connectivity index (χ4v) is 4.07. The van der Waals surface area contributed by atoms with E-state index in [-0.39, 0.29) is 25.3 Å². The van der Waals surface area contributed by atoms with Crippen LogP contribution in [-0.2, 0) is 33.9 Å². The van der Waals surface area contributed by atoms with Crippen molar-refractivity contribution in [3.8, 4) is 5.69 Å². The smallest absolute Gasteiger partial charge is 0.407 e. The van der Waals surface area contributed by atoms with Crippen LogP contribution in [0.15, 0.2) is 91.0 Å². The fourth-order valence-electron chi connectivity index (χ4n) is 4.07. The summed E-state index contributed by atoms with van der Waals surface area (Å²) in [5.74, 6) is -2.62. The number of hydrogen-bond donors (Lipinski definition) is 3.